The molecule has 1 unspecified atom stereocenters. The second-order valence-corrected chi connectivity index (χ2v) is 6.04. The number of nitrogens with zero attached hydrogens (tertiary/aromatic N) is 2. The predicted octanol–water partition coefficient (Wildman–Crippen LogP) is 1.69. The van der Waals surface area contributed by atoms with Gasteiger partial charge >= 0.3 is 5.69 Å². The summed E-state index contributed by atoms with van der Waals surface area (Å²) in [5, 5.41) is 24.1. The van der Waals surface area contributed by atoms with Crippen molar-refractivity contribution < 1.29 is 19.6 Å². The van der Waals surface area contributed by atoms with Crippen molar-refractivity contribution in [2.75, 3.05) is 11.4 Å². The topological polar surface area (TPSA) is 139 Å². The average Bonchev–Trinajstić information content (AvgIpc) is 2.58. The minimum atomic E-state index is -1.07. The third-order valence-corrected chi connectivity index (χ3v) is 4.16. The van der Waals surface area contributed by atoms with Crippen LogP contribution in [0.2, 0.25) is 5.02 Å². The number of amides is 2. The molecule has 2 aromatic carbocycles. The number of hydrogen-bond acceptors (Lipinski definition) is 6. The summed E-state index contributed by atoms with van der Waals surface area (Å²) in [6.07, 6.45) is -1.07. The van der Waals surface area contributed by atoms with Crippen LogP contribution >= 0.6 is 11.6 Å². The largest absolute Gasteiger partial charge is 0.502 e. The number of phenols is 1. The van der Waals surface area contributed by atoms with Gasteiger partial charge in [0.05, 0.1) is 22.7 Å². The highest BCUT2D eigenvalue weighted by molar-refractivity contribution is 6.31. The first-order chi connectivity index (χ1) is 12.3. The number of fused-ring (bicyclic) bond motifs is 1. The Kier molecular flexibility index (Phi) is 4.39. The first-order valence-electron chi connectivity index (χ1n) is 7.41. The number of nitro groups is 1. The molecule has 0 fully saturated rings. The van der Waals surface area contributed by atoms with E-state index in [-0.39, 0.29) is 17.1 Å². The Morgan fingerprint density at radius 3 is 2.73 bits per heavy atom. The molecule has 0 aromatic heterocycles. The van der Waals surface area contributed by atoms with Crippen LogP contribution in [-0.4, -0.2) is 28.4 Å². The van der Waals surface area contributed by atoms with Gasteiger partial charge in [-0.1, -0.05) is 23.7 Å². The molecule has 0 saturated carbocycles. The normalized spacial score (nSPS) is 16.0. The summed E-state index contributed by atoms with van der Waals surface area (Å²) in [5.74, 6) is -1.80. The number of primary amides is 1. The highest BCUT2D eigenvalue weighted by Gasteiger charge is 2.35. The van der Waals surface area contributed by atoms with E-state index in [1.807, 2.05) is 0 Å². The van der Waals surface area contributed by atoms with Gasteiger partial charge in [-0.15, -0.1) is 0 Å². The van der Waals surface area contributed by atoms with Crippen molar-refractivity contribution in [2.24, 2.45) is 5.73 Å². The van der Waals surface area contributed by atoms with Crippen LogP contribution in [0.15, 0.2) is 36.4 Å². The number of benzene rings is 2. The molecule has 0 bridgehead atoms. The molecular weight excluding hydrogens is 364 g/mol. The maximum Gasteiger partial charge on any atom is 0.312 e. The van der Waals surface area contributed by atoms with Gasteiger partial charge in [0, 0.05) is 16.7 Å². The lowest BCUT2D eigenvalue weighted by molar-refractivity contribution is -0.385. The average molecular weight is 377 g/mol. The van der Waals surface area contributed by atoms with Crippen molar-refractivity contribution in [3.8, 4) is 5.75 Å². The SMILES string of the molecule is NC(=O)CN1c2ccccc2C(=O)NC1c1cc(Cl)cc([N+](=O)[O-])c1O. The summed E-state index contributed by atoms with van der Waals surface area (Å²) < 4.78 is 0. The van der Waals surface area contributed by atoms with Crippen LogP contribution < -0.4 is 16.0 Å². The third-order valence-electron chi connectivity index (χ3n) is 3.94. The van der Waals surface area contributed by atoms with Crippen LogP contribution in [0.1, 0.15) is 22.1 Å². The fourth-order valence-corrected chi connectivity index (χ4v) is 3.10. The number of nitro benzene ring substituents is 1. The summed E-state index contributed by atoms with van der Waals surface area (Å²) in [4.78, 5) is 35.7. The molecule has 0 spiro atoms. The van der Waals surface area contributed by atoms with Crippen LogP contribution in [0.3, 0.4) is 0 Å². The Labute approximate surface area is 152 Å². The number of carbonyl (C=O) groups excluding carboxylic acids is 2. The van der Waals surface area contributed by atoms with Crippen molar-refractivity contribution in [1.82, 2.24) is 5.32 Å². The zero-order valence-corrected chi connectivity index (χ0v) is 13.9. The number of nitrogens with one attached hydrogen (secondary N) is 1. The molecule has 1 atom stereocenters. The van der Waals surface area contributed by atoms with Gasteiger partial charge in [-0.3, -0.25) is 19.7 Å². The number of anilines is 1. The zero-order valence-electron chi connectivity index (χ0n) is 13.2. The van der Waals surface area contributed by atoms with E-state index in [4.69, 9.17) is 17.3 Å². The minimum absolute atomic E-state index is 0.00312. The van der Waals surface area contributed by atoms with Crippen LogP contribution in [0.5, 0.6) is 5.75 Å². The molecule has 2 amide bonds. The molecule has 0 aliphatic carbocycles. The molecule has 1 aliphatic rings. The molecule has 134 valence electrons. The van der Waals surface area contributed by atoms with Crippen LogP contribution in [-0.2, 0) is 4.79 Å². The van der Waals surface area contributed by atoms with E-state index in [0.29, 0.717) is 11.3 Å². The Balaban J connectivity index is 2.19. The van der Waals surface area contributed by atoms with E-state index >= 15 is 0 Å². The molecule has 1 aliphatic heterocycles. The first-order valence-corrected chi connectivity index (χ1v) is 7.79. The number of halogens is 1. The van der Waals surface area contributed by atoms with Gasteiger partial charge in [-0.2, -0.15) is 0 Å². The highest BCUT2D eigenvalue weighted by Crippen LogP contribution is 2.41. The van der Waals surface area contributed by atoms with Crippen molar-refractivity contribution in [2.45, 2.75) is 6.17 Å². The van der Waals surface area contributed by atoms with E-state index in [9.17, 15) is 24.8 Å². The van der Waals surface area contributed by atoms with E-state index in [1.165, 1.54) is 11.0 Å². The summed E-state index contributed by atoms with van der Waals surface area (Å²) in [6.45, 7) is -0.290. The quantitative estimate of drug-likeness (QED) is 0.548. The van der Waals surface area contributed by atoms with Crippen LogP contribution in [0, 0.1) is 10.1 Å². The maximum atomic E-state index is 12.4. The molecule has 26 heavy (non-hydrogen) atoms. The van der Waals surface area contributed by atoms with E-state index in [1.54, 1.807) is 24.3 Å². The molecular formula is C16H13ClN4O5. The Morgan fingerprint density at radius 2 is 2.08 bits per heavy atom. The fourth-order valence-electron chi connectivity index (χ4n) is 2.88. The molecule has 0 radical (unpaired) electrons. The lowest BCUT2D eigenvalue weighted by Crippen LogP contribution is -2.49. The van der Waals surface area contributed by atoms with Gasteiger partial charge in [0.1, 0.15) is 6.17 Å². The van der Waals surface area contributed by atoms with Crippen molar-refractivity contribution >= 4 is 34.8 Å². The number of aromatic hydroxyl groups is 1. The van der Waals surface area contributed by atoms with Gasteiger partial charge < -0.3 is 21.1 Å². The number of nitrogens with two attached hydrogens (primary N) is 1. The van der Waals surface area contributed by atoms with Crippen molar-refractivity contribution in [3.63, 3.8) is 0 Å². The molecule has 0 saturated heterocycles. The second-order valence-electron chi connectivity index (χ2n) is 5.61. The molecule has 10 heteroatoms. The standard InChI is InChI=1S/C16H13ClN4O5/c17-8-5-10(14(23)12(6-8)21(25)26)15-19-16(24)9-3-1-2-4-11(9)20(15)7-13(18)22/h1-6,15,23H,7H2,(H2,18,22)(H,19,24). The second kappa shape index (κ2) is 6.52. The summed E-state index contributed by atoms with van der Waals surface area (Å²) >= 11 is 5.94. The van der Waals surface area contributed by atoms with Crippen LogP contribution in [0.4, 0.5) is 11.4 Å². The smallest absolute Gasteiger partial charge is 0.312 e. The molecule has 9 nitrogen and oxygen atoms in total. The van der Waals surface area contributed by atoms with E-state index < -0.39 is 34.3 Å². The zero-order chi connectivity index (χ0) is 19.0. The summed E-state index contributed by atoms with van der Waals surface area (Å²) in [7, 11) is 0. The molecule has 2 aromatic rings. The fraction of sp³-hybridized carbons (Fsp3) is 0.125. The van der Waals surface area contributed by atoms with E-state index in [0.717, 1.165) is 6.07 Å². The number of rotatable bonds is 4. The van der Waals surface area contributed by atoms with Crippen molar-refractivity contribution in [3.05, 3.63) is 62.7 Å². The molecule has 1 heterocycles. The monoisotopic (exact) mass is 376 g/mol. The predicted molar refractivity (Wildman–Crippen MR) is 93.0 cm³/mol. The number of carbonyl (C=O) groups is 2. The first kappa shape index (κ1) is 17.5. The summed E-state index contributed by atoms with van der Waals surface area (Å²) in [6, 6.07) is 8.79. The van der Waals surface area contributed by atoms with Crippen molar-refractivity contribution in [1.29, 1.82) is 0 Å². The maximum absolute atomic E-state index is 12.4. The Hall–Kier alpha value is -3.33. The van der Waals surface area contributed by atoms with E-state index in [2.05, 4.69) is 5.32 Å². The van der Waals surface area contributed by atoms with Gasteiger partial charge in [0.15, 0.2) is 0 Å². The lowest BCUT2D eigenvalue weighted by atomic mass is 10.0. The van der Waals surface area contributed by atoms with Gasteiger partial charge in [-0.05, 0) is 18.2 Å². The molecule has 3 rings (SSSR count). The third kappa shape index (κ3) is 3.00. The Bertz CT molecular complexity index is 933. The summed E-state index contributed by atoms with van der Waals surface area (Å²) in [5.41, 5.74) is 5.39. The van der Waals surface area contributed by atoms with Gasteiger partial charge in [-0.25, -0.2) is 0 Å². The van der Waals surface area contributed by atoms with Crippen LogP contribution in [0.25, 0.3) is 0 Å². The molecule has 4 N–H and O–H groups in total. The minimum Gasteiger partial charge on any atom is -0.502 e. The van der Waals surface area contributed by atoms with Gasteiger partial charge in [0.2, 0.25) is 11.7 Å². The number of para-hydroxylation sites is 1. The van der Waals surface area contributed by atoms with Gasteiger partial charge in [0.25, 0.3) is 5.91 Å². The highest BCUT2D eigenvalue weighted by atomic mass is 35.5. The number of hydrogen-bond donors (Lipinski definition) is 3. The Morgan fingerprint density at radius 1 is 1.38 bits per heavy atom. The number of phenolic OH excluding ortho intramolecular Hbond substituents is 1. The lowest BCUT2D eigenvalue weighted by Gasteiger charge is -2.38.